The first kappa shape index (κ1) is 16.2. The van der Waals surface area contributed by atoms with Crippen LogP contribution in [0.15, 0.2) is 47.8 Å². The molecule has 0 spiro atoms. The van der Waals surface area contributed by atoms with Crippen molar-refractivity contribution in [3.05, 3.63) is 63.5 Å². The fourth-order valence-electron chi connectivity index (χ4n) is 2.34. The summed E-state index contributed by atoms with van der Waals surface area (Å²) >= 11 is 0. The number of para-hydroxylation sites is 1. The lowest BCUT2D eigenvalue weighted by atomic mass is 9.87. The van der Waals surface area contributed by atoms with Crippen LogP contribution in [0.3, 0.4) is 0 Å². The SMILES string of the molecule is COC(=O)C1=C(C(=O)OC)[C@H](c2ccccc2[N+](=O)[O-])C=CN1. The van der Waals surface area contributed by atoms with Crippen LogP contribution in [-0.4, -0.2) is 31.1 Å². The van der Waals surface area contributed by atoms with Crippen LogP contribution >= 0.6 is 0 Å². The normalized spacial score (nSPS) is 16.5. The number of dihydropyridines is 1. The van der Waals surface area contributed by atoms with Crippen LogP contribution in [0.5, 0.6) is 0 Å². The number of methoxy groups -OCH3 is 2. The van der Waals surface area contributed by atoms with Crippen molar-refractivity contribution in [3.63, 3.8) is 0 Å². The van der Waals surface area contributed by atoms with E-state index in [1.807, 2.05) is 0 Å². The molecule has 1 aliphatic rings. The lowest BCUT2D eigenvalue weighted by Crippen LogP contribution is -2.29. The number of carbonyl (C=O) groups excluding carboxylic acids is 2. The number of benzene rings is 1. The summed E-state index contributed by atoms with van der Waals surface area (Å²) < 4.78 is 9.36. The molecule has 1 heterocycles. The summed E-state index contributed by atoms with van der Waals surface area (Å²) in [5, 5.41) is 13.9. The maximum Gasteiger partial charge on any atom is 0.355 e. The van der Waals surface area contributed by atoms with Gasteiger partial charge in [0.25, 0.3) is 5.69 Å². The zero-order valence-electron chi connectivity index (χ0n) is 12.4. The molecular formula is C15H14N2O6. The third-order valence-corrected chi connectivity index (χ3v) is 3.36. The predicted molar refractivity (Wildman–Crippen MR) is 79.2 cm³/mol. The van der Waals surface area contributed by atoms with E-state index in [1.165, 1.54) is 38.6 Å². The number of nitro benzene ring substituents is 1. The number of hydrogen-bond donors (Lipinski definition) is 1. The predicted octanol–water partition coefficient (Wildman–Crippen LogP) is 1.40. The van der Waals surface area contributed by atoms with Crippen molar-refractivity contribution in [2.24, 2.45) is 0 Å². The highest BCUT2D eigenvalue weighted by atomic mass is 16.6. The summed E-state index contributed by atoms with van der Waals surface area (Å²) in [4.78, 5) is 34.7. The van der Waals surface area contributed by atoms with Gasteiger partial charge in [0.1, 0.15) is 5.70 Å². The Balaban J connectivity index is 2.65. The van der Waals surface area contributed by atoms with Crippen molar-refractivity contribution < 1.29 is 24.0 Å². The molecule has 0 saturated carbocycles. The Kier molecular flexibility index (Phi) is 4.75. The van der Waals surface area contributed by atoms with E-state index in [4.69, 9.17) is 4.74 Å². The number of nitrogens with zero attached hydrogens (tertiary/aromatic N) is 1. The second-order valence-corrected chi connectivity index (χ2v) is 4.57. The van der Waals surface area contributed by atoms with Crippen LogP contribution in [-0.2, 0) is 19.1 Å². The van der Waals surface area contributed by atoms with E-state index in [0.717, 1.165) is 0 Å². The van der Waals surface area contributed by atoms with E-state index in [-0.39, 0.29) is 22.5 Å². The van der Waals surface area contributed by atoms with Gasteiger partial charge in [-0.2, -0.15) is 0 Å². The van der Waals surface area contributed by atoms with Gasteiger partial charge in [-0.25, -0.2) is 9.59 Å². The molecular weight excluding hydrogens is 304 g/mol. The van der Waals surface area contributed by atoms with Crippen molar-refractivity contribution in [2.45, 2.75) is 5.92 Å². The van der Waals surface area contributed by atoms with E-state index < -0.39 is 22.8 Å². The molecule has 0 unspecified atom stereocenters. The minimum absolute atomic E-state index is 0.0452. The minimum atomic E-state index is -0.806. The van der Waals surface area contributed by atoms with Gasteiger partial charge in [0, 0.05) is 17.5 Å². The Morgan fingerprint density at radius 1 is 1.17 bits per heavy atom. The summed E-state index contributed by atoms with van der Waals surface area (Å²) in [7, 11) is 2.34. The number of allylic oxidation sites excluding steroid dienone is 1. The molecule has 1 aromatic carbocycles. The van der Waals surface area contributed by atoms with E-state index in [1.54, 1.807) is 12.1 Å². The number of nitro groups is 1. The fraction of sp³-hybridized carbons (Fsp3) is 0.200. The van der Waals surface area contributed by atoms with Crippen LogP contribution in [0.1, 0.15) is 11.5 Å². The zero-order chi connectivity index (χ0) is 17.0. The van der Waals surface area contributed by atoms with Crippen molar-refractivity contribution in [1.82, 2.24) is 5.32 Å². The average molecular weight is 318 g/mol. The van der Waals surface area contributed by atoms with E-state index in [0.29, 0.717) is 0 Å². The van der Waals surface area contributed by atoms with Gasteiger partial charge in [-0.1, -0.05) is 24.3 Å². The summed E-state index contributed by atoms with van der Waals surface area (Å²) in [6.07, 6.45) is 2.97. The first-order chi connectivity index (χ1) is 11.0. The maximum absolute atomic E-state index is 12.1. The fourth-order valence-corrected chi connectivity index (χ4v) is 2.34. The maximum atomic E-state index is 12.1. The number of rotatable bonds is 4. The molecule has 1 N–H and O–H groups in total. The number of carbonyl (C=O) groups is 2. The van der Waals surface area contributed by atoms with Gasteiger partial charge in [-0.05, 0) is 6.20 Å². The van der Waals surface area contributed by atoms with Gasteiger partial charge in [0.05, 0.1) is 24.7 Å². The largest absolute Gasteiger partial charge is 0.466 e. The lowest BCUT2D eigenvalue weighted by Gasteiger charge is -2.22. The van der Waals surface area contributed by atoms with Crippen LogP contribution in [0.2, 0.25) is 0 Å². The molecule has 8 nitrogen and oxygen atoms in total. The zero-order valence-corrected chi connectivity index (χ0v) is 12.4. The molecule has 8 heteroatoms. The third kappa shape index (κ3) is 3.05. The van der Waals surface area contributed by atoms with Crippen LogP contribution < -0.4 is 5.32 Å². The Labute approximate surface area is 131 Å². The van der Waals surface area contributed by atoms with Crippen molar-refractivity contribution in [3.8, 4) is 0 Å². The molecule has 0 radical (unpaired) electrons. The summed E-state index contributed by atoms with van der Waals surface area (Å²) in [5.41, 5.74) is -0.0344. The second kappa shape index (κ2) is 6.73. The molecule has 1 atom stereocenters. The van der Waals surface area contributed by atoms with Crippen LogP contribution in [0.25, 0.3) is 0 Å². The Morgan fingerprint density at radius 3 is 2.43 bits per heavy atom. The molecule has 0 fully saturated rings. The van der Waals surface area contributed by atoms with Crippen LogP contribution in [0.4, 0.5) is 5.69 Å². The quantitative estimate of drug-likeness (QED) is 0.508. The Hall–Kier alpha value is -3.16. The van der Waals surface area contributed by atoms with Crippen LogP contribution in [0, 0.1) is 10.1 Å². The number of esters is 2. The Morgan fingerprint density at radius 2 is 1.83 bits per heavy atom. The molecule has 120 valence electrons. The molecule has 2 rings (SSSR count). The first-order valence-electron chi connectivity index (χ1n) is 6.58. The van der Waals surface area contributed by atoms with Gasteiger partial charge in [0.2, 0.25) is 0 Å². The minimum Gasteiger partial charge on any atom is -0.466 e. The highest BCUT2D eigenvalue weighted by Gasteiger charge is 2.34. The lowest BCUT2D eigenvalue weighted by molar-refractivity contribution is -0.385. The molecule has 23 heavy (non-hydrogen) atoms. The van der Waals surface area contributed by atoms with Gasteiger partial charge in [-0.3, -0.25) is 10.1 Å². The third-order valence-electron chi connectivity index (χ3n) is 3.36. The number of nitrogens with one attached hydrogen (secondary N) is 1. The van der Waals surface area contributed by atoms with Gasteiger partial charge in [-0.15, -0.1) is 0 Å². The molecule has 0 bridgehead atoms. The summed E-state index contributed by atoms with van der Waals surface area (Å²) in [6.45, 7) is 0. The molecule has 0 aliphatic carbocycles. The summed E-state index contributed by atoms with van der Waals surface area (Å²) in [5.74, 6) is -2.34. The van der Waals surface area contributed by atoms with Gasteiger partial charge >= 0.3 is 11.9 Å². The average Bonchev–Trinajstić information content (AvgIpc) is 2.59. The molecule has 1 aliphatic heterocycles. The Bertz CT molecular complexity index is 722. The molecule has 1 aromatic rings. The number of hydrogen-bond acceptors (Lipinski definition) is 7. The molecule has 0 saturated heterocycles. The topological polar surface area (TPSA) is 108 Å². The van der Waals surface area contributed by atoms with Crippen molar-refractivity contribution >= 4 is 17.6 Å². The molecule has 0 aromatic heterocycles. The summed E-state index contributed by atoms with van der Waals surface area (Å²) in [6, 6.07) is 5.99. The van der Waals surface area contributed by atoms with Gasteiger partial charge < -0.3 is 14.8 Å². The van der Waals surface area contributed by atoms with E-state index in [9.17, 15) is 19.7 Å². The smallest absolute Gasteiger partial charge is 0.355 e. The van der Waals surface area contributed by atoms with E-state index >= 15 is 0 Å². The standard InChI is InChI=1S/C15H14N2O6/c1-22-14(18)12-10(7-8-16-13(12)15(19)23-2)9-5-3-4-6-11(9)17(20)21/h3-8,10,16H,1-2H3/t10-/m0/s1. The highest BCUT2D eigenvalue weighted by Crippen LogP contribution is 2.36. The van der Waals surface area contributed by atoms with E-state index in [2.05, 4.69) is 10.1 Å². The molecule has 0 amide bonds. The first-order valence-corrected chi connectivity index (χ1v) is 6.58. The second-order valence-electron chi connectivity index (χ2n) is 4.57. The van der Waals surface area contributed by atoms with Gasteiger partial charge in [0.15, 0.2) is 0 Å². The highest BCUT2D eigenvalue weighted by molar-refractivity contribution is 6.02. The van der Waals surface area contributed by atoms with Crippen molar-refractivity contribution in [2.75, 3.05) is 14.2 Å². The monoisotopic (exact) mass is 318 g/mol. The number of ether oxygens (including phenoxy) is 2. The van der Waals surface area contributed by atoms with Crippen molar-refractivity contribution in [1.29, 1.82) is 0 Å².